The number of carbonyl (C=O) groups is 1. The van der Waals surface area contributed by atoms with E-state index in [9.17, 15) is 4.79 Å². The molecule has 4 rings (SSSR count). The van der Waals surface area contributed by atoms with E-state index in [4.69, 9.17) is 20.2 Å². The summed E-state index contributed by atoms with van der Waals surface area (Å²) in [5, 5.41) is 0. The summed E-state index contributed by atoms with van der Waals surface area (Å²) in [5.74, 6) is 0.483. The van der Waals surface area contributed by atoms with Crippen molar-refractivity contribution in [2.24, 2.45) is 5.73 Å². The lowest BCUT2D eigenvalue weighted by Crippen LogP contribution is -2.38. The van der Waals surface area contributed by atoms with E-state index >= 15 is 0 Å². The fraction of sp³-hybridized carbons (Fsp3) is 0.280. The molecule has 0 spiro atoms. The zero-order valence-electron chi connectivity index (χ0n) is 17.9. The highest BCUT2D eigenvalue weighted by Gasteiger charge is 2.24. The van der Waals surface area contributed by atoms with E-state index in [1.807, 2.05) is 30.3 Å². The zero-order chi connectivity index (χ0) is 21.8. The summed E-state index contributed by atoms with van der Waals surface area (Å²) in [5.41, 5.74) is 10.9. The number of hydrogen-bond acceptors (Lipinski definition) is 5. The smallest absolute Gasteiger partial charge is 0.248 e. The second-order valence-electron chi connectivity index (χ2n) is 7.80. The number of benzene rings is 2. The van der Waals surface area contributed by atoms with Crippen LogP contribution in [-0.2, 0) is 11.3 Å². The molecule has 1 unspecified atom stereocenters. The molecule has 0 saturated carbocycles. The Hall–Kier alpha value is -3.22. The molecule has 6 heteroatoms. The summed E-state index contributed by atoms with van der Waals surface area (Å²) < 4.78 is 11.6. The predicted molar refractivity (Wildman–Crippen MR) is 120 cm³/mol. The van der Waals surface area contributed by atoms with E-state index in [1.165, 1.54) is 11.1 Å². The zero-order valence-corrected chi connectivity index (χ0v) is 17.9. The molecule has 31 heavy (non-hydrogen) atoms. The number of morpholine rings is 1. The van der Waals surface area contributed by atoms with E-state index in [2.05, 4.69) is 30.0 Å². The minimum atomic E-state index is -0.436. The molecule has 2 heterocycles. The molecule has 1 aliphatic rings. The molecule has 0 aliphatic carbocycles. The van der Waals surface area contributed by atoms with E-state index < -0.39 is 5.91 Å². The monoisotopic (exact) mass is 417 g/mol. The van der Waals surface area contributed by atoms with E-state index in [1.54, 1.807) is 19.2 Å². The van der Waals surface area contributed by atoms with Crippen molar-refractivity contribution in [3.8, 4) is 17.0 Å². The number of ether oxygens (including phenoxy) is 2. The van der Waals surface area contributed by atoms with Crippen molar-refractivity contribution in [2.75, 3.05) is 26.8 Å². The fourth-order valence-corrected chi connectivity index (χ4v) is 3.85. The Labute approximate surface area is 182 Å². The topological polar surface area (TPSA) is 77.7 Å². The van der Waals surface area contributed by atoms with Gasteiger partial charge in [-0.3, -0.25) is 14.7 Å². The first-order valence-corrected chi connectivity index (χ1v) is 10.4. The molecule has 0 bridgehead atoms. The summed E-state index contributed by atoms with van der Waals surface area (Å²) in [6.45, 7) is 5.14. The number of pyridine rings is 1. The lowest BCUT2D eigenvalue weighted by molar-refractivity contribution is -0.0351. The molecule has 1 saturated heterocycles. The van der Waals surface area contributed by atoms with Gasteiger partial charge < -0.3 is 15.2 Å². The van der Waals surface area contributed by atoms with Gasteiger partial charge in [0, 0.05) is 36.3 Å². The average molecular weight is 418 g/mol. The van der Waals surface area contributed by atoms with Crippen molar-refractivity contribution in [3.05, 3.63) is 83.0 Å². The van der Waals surface area contributed by atoms with Crippen LogP contribution in [0.2, 0.25) is 0 Å². The molecule has 3 aromatic rings. The maximum Gasteiger partial charge on any atom is 0.248 e. The molecule has 1 aliphatic heterocycles. The lowest BCUT2D eigenvalue weighted by atomic mass is 10.1. The molecule has 1 amide bonds. The molecule has 2 N–H and O–H groups in total. The summed E-state index contributed by atoms with van der Waals surface area (Å²) in [6.07, 6.45) is -0.102. The van der Waals surface area contributed by atoms with Gasteiger partial charge in [0.05, 0.1) is 25.1 Å². The van der Waals surface area contributed by atoms with Crippen LogP contribution in [0.1, 0.15) is 33.3 Å². The largest absolute Gasteiger partial charge is 0.496 e. The highest BCUT2D eigenvalue weighted by Crippen LogP contribution is 2.27. The number of methoxy groups -OCH3 is 1. The van der Waals surface area contributed by atoms with Gasteiger partial charge in [-0.15, -0.1) is 0 Å². The molecule has 1 atom stereocenters. The van der Waals surface area contributed by atoms with Gasteiger partial charge in [-0.2, -0.15) is 0 Å². The number of nitrogens with zero attached hydrogens (tertiary/aromatic N) is 2. The van der Waals surface area contributed by atoms with Gasteiger partial charge >= 0.3 is 0 Å². The summed E-state index contributed by atoms with van der Waals surface area (Å²) in [6, 6.07) is 19.4. The van der Waals surface area contributed by atoms with E-state index in [-0.39, 0.29) is 6.10 Å². The van der Waals surface area contributed by atoms with Crippen molar-refractivity contribution in [2.45, 2.75) is 19.6 Å². The SMILES string of the molecule is COc1cc(C)ccc1CN1CCOC(c2cccc(-c3ccc(C(N)=O)cc3)n2)C1. The predicted octanol–water partition coefficient (Wildman–Crippen LogP) is 3.74. The van der Waals surface area contributed by atoms with Crippen LogP contribution in [0, 0.1) is 6.92 Å². The first-order valence-electron chi connectivity index (χ1n) is 10.4. The molecule has 0 radical (unpaired) electrons. The minimum Gasteiger partial charge on any atom is -0.496 e. The Balaban J connectivity index is 1.50. The van der Waals surface area contributed by atoms with Gasteiger partial charge in [-0.05, 0) is 42.8 Å². The minimum absolute atomic E-state index is 0.102. The summed E-state index contributed by atoms with van der Waals surface area (Å²) in [4.78, 5) is 18.5. The molecular weight excluding hydrogens is 390 g/mol. The Morgan fingerprint density at radius 3 is 2.74 bits per heavy atom. The van der Waals surface area contributed by atoms with Crippen LogP contribution in [0.25, 0.3) is 11.3 Å². The first-order chi connectivity index (χ1) is 15.0. The fourth-order valence-electron chi connectivity index (χ4n) is 3.85. The van der Waals surface area contributed by atoms with Crippen LogP contribution in [0.3, 0.4) is 0 Å². The van der Waals surface area contributed by atoms with Crippen molar-refractivity contribution in [1.82, 2.24) is 9.88 Å². The van der Waals surface area contributed by atoms with Gasteiger partial charge in [-0.1, -0.05) is 30.3 Å². The number of primary amides is 1. The quantitative estimate of drug-likeness (QED) is 0.661. The van der Waals surface area contributed by atoms with Crippen molar-refractivity contribution in [1.29, 1.82) is 0 Å². The summed E-state index contributed by atoms with van der Waals surface area (Å²) in [7, 11) is 1.71. The maximum atomic E-state index is 11.3. The standard InChI is InChI=1S/C25H27N3O3/c1-17-6-7-20(23(14-17)30-2)15-28-12-13-31-24(16-28)22-5-3-4-21(27-22)18-8-10-19(11-9-18)25(26)29/h3-11,14,24H,12-13,15-16H2,1-2H3,(H2,26,29). The Morgan fingerprint density at radius 1 is 1.19 bits per heavy atom. The van der Waals surface area contributed by atoms with Crippen LogP contribution in [0.5, 0.6) is 5.75 Å². The third-order valence-electron chi connectivity index (χ3n) is 5.55. The Bertz CT molecular complexity index is 1070. The number of amides is 1. The van der Waals surface area contributed by atoms with Crippen LogP contribution >= 0.6 is 0 Å². The van der Waals surface area contributed by atoms with Gasteiger partial charge in [0.2, 0.25) is 5.91 Å². The number of carbonyl (C=O) groups excluding carboxylic acids is 1. The molecule has 2 aromatic carbocycles. The molecule has 1 aromatic heterocycles. The Kier molecular flexibility index (Phi) is 6.30. The molecule has 160 valence electrons. The van der Waals surface area contributed by atoms with Crippen molar-refractivity contribution in [3.63, 3.8) is 0 Å². The number of aromatic nitrogens is 1. The Morgan fingerprint density at radius 2 is 2.00 bits per heavy atom. The van der Waals surface area contributed by atoms with Crippen LogP contribution in [0.15, 0.2) is 60.7 Å². The molecular formula is C25H27N3O3. The highest BCUT2D eigenvalue weighted by molar-refractivity contribution is 5.93. The second-order valence-corrected chi connectivity index (χ2v) is 7.80. The molecule has 1 fully saturated rings. The van der Waals surface area contributed by atoms with Gasteiger partial charge in [0.1, 0.15) is 11.9 Å². The third-order valence-corrected chi connectivity index (χ3v) is 5.55. The number of nitrogens with two attached hydrogens (primary N) is 1. The van der Waals surface area contributed by atoms with Crippen LogP contribution < -0.4 is 10.5 Å². The third kappa shape index (κ3) is 4.93. The van der Waals surface area contributed by atoms with Crippen molar-refractivity contribution < 1.29 is 14.3 Å². The second kappa shape index (κ2) is 9.29. The lowest BCUT2D eigenvalue weighted by Gasteiger charge is -2.33. The van der Waals surface area contributed by atoms with Gasteiger partial charge in [-0.25, -0.2) is 0 Å². The van der Waals surface area contributed by atoms with E-state index in [0.29, 0.717) is 12.2 Å². The van der Waals surface area contributed by atoms with Gasteiger partial charge in [0.15, 0.2) is 0 Å². The van der Waals surface area contributed by atoms with Crippen molar-refractivity contribution >= 4 is 5.91 Å². The molecule has 6 nitrogen and oxygen atoms in total. The van der Waals surface area contributed by atoms with Crippen LogP contribution in [0.4, 0.5) is 0 Å². The normalized spacial score (nSPS) is 16.8. The average Bonchev–Trinajstić information content (AvgIpc) is 2.80. The van der Waals surface area contributed by atoms with E-state index in [0.717, 1.165) is 42.3 Å². The first kappa shape index (κ1) is 21.0. The summed E-state index contributed by atoms with van der Waals surface area (Å²) >= 11 is 0. The maximum absolute atomic E-state index is 11.3. The highest BCUT2D eigenvalue weighted by atomic mass is 16.5. The number of hydrogen-bond donors (Lipinski definition) is 1. The van der Waals surface area contributed by atoms with Crippen LogP contribution in [-0.4, -0.2) is 42.6 Å². The number of rotatable bonds is 6. The van der Waals surface area contributed by atoms with Gasteiger partial charge in [0.25, 0.3) is 0 Å². The number of aryl methyl sites for hydroxylation is 1.